The molecule has 0 atom stereocenters. The number of allylic oxidation sites excluding steroid dienone is 7. The highest BCUT2D eigenvalue weighted by Crippen LogP contribution is 2.25. The van der Waals surface area contributed by atoms with Gasteiger partial charge in [0.25, 0.3) is 0 Å². The molecule has 2 rings (SSSR count). The molecule has 0 aliphatic rings. The summed E-state index contributed by atoms with van der Waals surface area (Å²) in [5.41, 5.74) is 5.58. The third-order valence-corrected chi connectivity index (χ3v) is 4.93. The summed E-state index contributed by atoms with van der Waals surface area (Å²) in [6.07, 6.45) is 15.4. The molecule has 5 nitrogen and oxygen atoms in total. The standard InChI is InChI=1S/C31H37N5/c1-6-8-11-17-25(3)23-33-31(36-30(24-32-5)26(4)18-12-9-7-2)35-29-22-16-15-21-28(29)34-27-19-13-10-14-20-27/h6-22,32,34H,2-3,23-24H2,1,4-5H3,(H,33,35)/b8-6-,12-9-,17-11-,26-18+,36-30+. The van der Waals surface area contributed by atoms with Gasteiger partial charge < -0.3 is 16.0 Å². The fourth-order valence-corrected chi connectivity index (χ4v) is 3.07. The number of guanidine groups is 1. The van der Waals surface area contributed by atoms with Crippen LogP contribution in [0.3, 0.4) is 0 Å². The van der Waals surface area contributed by atoms with Gasteiger partial charge in [-0.05, 0) is 56.3 Å². The van der Waals surface area contributed by atoms with Crippen LogP contribution in [0.25, 0.3) is 0 Å². The molecule has 0 spiro atoms. The zero-order valence-corrected chi connectivity index (χ0v) is 21.5. The number of nitrogens with zero attached hydrogens (tertiary/aromatic N) is 2. The van der Waals surface area contributed by atoms with Gasteiger partial charge in [-0.25, -0.2) is 9.98 Å². The lowest BCUT2D eigenvalue weighted by molar-refractivity contribution is 0.945. The monoisotopic (exact) mass is 479 g/mol. The summed E-state index contributed by atoms with van der Waals surface area (Å²) in [6.45, 7) is 12.9. The van der Waals surface area contributed by atoms with Gasteiger partial charge in [-0.2, -0.15) is 0 Å². The average Bonchev–Trinajstić information content (AvgIpc) is 2.89. The molecule has 2 aromatic rings. The predicted molar refractivity (Wildman–Crippen MR) is 160 cm³/mol. The SMILES string of the molecule is C=C\C=C/C=C(C)/C(CNC)=N/C(=N\CC(=C)/C=C\C=C/C)Nc1ccccc1Nc1ccccc1. The van der Waals surface area contributed by atoms with Gasteiger partial charge >= 0.3 is 0 Å². The molecule has 0 unspecified atom stereocenters. The van der Waals surface area contributed by atoms with Crippen molar-refractivity contribution in [1.29, 1.82) is 0 Å². The molecular weight excluding hydrogens is 442 g/mol. The van der Waals surface area contributed by atoms with E-state index < -0.39 is 0 Å². The van der Waals surface area contributed by atoms with E-state index in [-0.39, 0.29) is 0 Å². The largest absolute Gasteiger partial charge is 0.354 e. The Hall–Kier alpha value is -4.22. The normalized spacial score (nSPS) is 13.0. The summed E-state index contributed by atoms with van der Waals surface area (Å²) >= 11 is 0. The van der Waals surface area contributed by atoms with Crippen molar-refractivity contribution in [3.05, 3.63) is 128 Å². The maximum absolute atomic E-state index is 4.91. The Morgan fingerprint density at radius 3 is 2.36 bits per heavy atom. The Morgan fingerprint density at radius 1 is 0.944 bits per heavy atom. The Morgan fingerprint density at radius 2 is 1.67 bits per heavy atom. The Kier molecular flexibility index (Phi) is 12.8. The van der Waals surface area contributed by atoms with Gasteiger partial charge in [0.05, 0.1) is 23.6 Å². The molecule has 186 valence electrons. The first-order valence-electron chi connectivity index (χ1n) is 12.0. The van der Waals surface area contributed by atoms with Gasteiger partial charge in [-0.3, -0.25) is 0 Å². The van der Waals surface area contributed by atoms with Crippen LogP contribution in [-0.2, 0) is 0 Å². The fraction of sp³-hybridized carbons (Fsp3) is 0.161. The van der Waals surface area contributed by atoms with Gasteiger partial charge in [0.1, 0.15) is 0 Å². The molecule has 0 saturated carbocycles. The van der Waals surface area contributed by atoms with Gasteiger partial charge in [0.2, 0.25) is 5.96 Å². The van der Waals surface area contributed by atoms with Crippen molar-refractivity contribution >= 4 is 28.7 Å². The zero-order valence-electron chi connectivity index (χ0n) is 21.5. The maximum Gasteiger partial charge on any atom is 0.223 e. The number of nitrogens with one attached hydrogen (secondary N) is 3. The van der Waals surface area contributed by atoms with Crippen molar-refractivity contribution in [2.45, 2.75) is 13.8 Å². The van der Waals surface area contributed by atoms with Crippen molar-refractivity contribution < 1.29 is 0 Å². The first-order chi connectivity index (χ1) is 17.6. The Labute approximate surface area is 216 Å². The van der Waals surface area contributed by atoms with Crippen LogP contribution in [0.5, 0.6) is 0 Å². The van der Waals surface area contributed by atoms with E-state index in [1.54, 1.807) is 6.08 Å². The van der Waals surface area contributed by atoms with E-state index in [9.17, 15) is 0 Å². The molecule has 0 aliphatic heterocycles. The quantitative estimate of drug-likeness (QED) is 0.171. The minimum absolute atomic E-state index is 0.417. The molecule has 5 heteroatoms. The topological polar surface area (TPSA) is 60.8 Å². The molecule has 3 N–H and O–H groups in total. The minimum Gasteiger partial charge on any atom is -0.354 e. The van der Waals surface area contributed by atoms with Crippen molar-refractivity contribution in [2.24, 2.45) is 9.98 Å². The van der Waals surface area contributed by atoms with Gasteiger partial charge in [-0.15, -0.1) is 0 Å². The number of hydrogen-bond acceptors (Lipinski definition) is 3. The second kappa shape index (κ2) is 16.4. The lowest BCUT2D eigenvalue weighted by Gasteiger charge is -2.15. The summed E-state index contributed by atoms with van der Waals surface area (Å²) in [5.74, 6) is 0.503. The van der Waals surface area contributed by atoms with Crippen LogP contribution >= 0.6 is 0 Å². The molecule has 0 aromatic heterocycles. The van der Waals surface area contributed by atoms with Crippen LogP contribution in [0.2, 0.25) is 0 Å². The van der Waals surface area contributed by atoms with Gasteiger partial charge in [0.15, 0.2) is 0 Å². The minimum atomic E-state index is 0.417. The molecular formula is C31H37N5. The third kappa shape index (κ3) is 10.4. The lowest BCUT2D eigenvalue weighted by Crippen LogP contribution is -2.23. The molecule has 0 fully saturated rings. The van der Waals surface area contributed by atoms with Crippen LogP contribution in [-0.4, -0.2) is 31.8 Å². The summed E-state index contributed by atoms with van der Waals surface area (Å²) in [5, 5.41) is 10.1. The van der Waals surface area contributed by atoms with Crippen molar-refractivity contribution in [2.75, 3.05) is 30.8 Å². The fourth-order valence-electron chi connectivity index (χ4n) is 3.07. The van der Waals surface area contributed by atoms with E-state index in [4.69, 9.17) is 9.98 Å². The molecule has 36 heavy (non-hydrogen) atoms. The highest BCUT2D eigenvalue weighted by Gasteiger charge is 2.08. The number of anilines is 3. The van der Waals surface area contributed by atoms with Crippen LogP contribution in [0, 0.1) is 0 Å². The van der Waals surface area contributed by atoms with E-state index in [0.717, 1.165) is 33.9 Å². The molecule has 0 aliphatic carbocycles. The van der Waals surface area contributed by atoms with E-state index >= 15 is 0 Å². The zero-order chi connectivity index (χ0) is 26.0. The smallest absolute Gasteiger partial charge is 0.223 e. The number of benzene rings is 2. The van der Waals surface area contributed by atoms with Crippen molar-refractivity contribution in [3.8, 4) is 0 Å². The Balaban J connectivity index is 2.43. The second-order valence-electron chi connectivity index (χ2n) is 7.90. The second-order valence-corrected chi connectivity index (χ2v) is 7.90. The van der Waals surface area contributed by atoms with E-state index in [0.29, 0.717) is 19.0 Å². The number of rotatable bonds is 12. The predicted octanol–water partition coefficient (Wildman–Crippen LogP) is 7.24. The molecule has 0 bridgehead atoms. The van der Waals surface area contributed by atoms with Crippen LogP contribution in [0.4, 0.5) is 17.1 Å². The average molecular weight is 480 g/mol. The maximum atomic E-state index is 4.91. The van der Waals surface area contributed by atoms with Crippen molar-refractivity contribution in [1.82, 2.24) is 5.32 Å². The van der Waals surface area contributed by atoms with Gasteiger partial charge in [0, 0.05) is 12.2 Å². The molecule has 0 saturated heterocycles. The highest BCUT2D eigenvalue weighted by atomic mass is 15.1. The summed E-state index contributed by atoms with van der Waals surface area (Å²) in [4.78, 5) is 9.69. The number of aliphatic imine (C=N–C) groups is 2. The van der Waals surface area contributed by atoms with Crippen molar-refractivity contribution in [3.63, 3.8) is 0 Å². The molecule has 0 heterocycles. The molecule has 0 amide bonds. The number of para-hydroxylation sites is 3. The summed E-state index contributed by atoms with van der Waals surface area (Å²) in [7, 11) is 1.90. The lowest BCUT2D eigenvalue weighted by atomic mass is 10.1. The van der Waals surface area contributed by atoms with E-state index in [1.165, 1.54) is 0 Å². The first-order valence-corrected chi connectivity index (χ1v) is 12.0. The number of hydrogen-bond donors (Lipinski definition) is 3. The summed E-state index contributed by atoms with van der Waals surface area (Å²) in [6, 6.07) is 18.1. The first kappa shape index (κ1) is 28.0. The molecule has 2 aromatic carbocycles. The van der Waals surface area contributed by atoms with Crippen LogP contribution < -0.4 is 16.0 Å². The van der Waals surface area contributed by atoms with Crippen LogP contribution in [0.1, 0.15) is 13.8 Å². The summed E-state index contributed by atoms with van der Waals surface area (Å²) < 4.78 is 0. The molecule has 0 radical (unpaired) electrons. The third-order valence-electron chi connectivity index (χ3n) is 4.93. The highest BCUT2D eigenvalue weighted by molar-refractivity contribution is 6.11. The van der Waals surface area contributed by atoms with Crippen LogP contribution in [0.15, 0.2) is 137 Å². The Bertz CT molecular complexity index is 1160. The van der Waals surface area contributed by atoms with E-state index in [2.05, 4.69) is 29.1 Å². The van der Waals surface area contributed by atoms with E-state index in [1.807, 2.05) is 118 Å². The van der Waals surface area contributed by atoms with Gasteiger partial charge in [-0.1, -0.05) is 92.1 Å².